The van der Waals surface area contributed by atoms with Gasteiger partial charge in [-0.1, -0.05) is 17.7 Å². The summed E-state index contributed by atoms with van der Waals surface area (Å²) >= 11 is 0. The fraction of sp³-hybridized carbons (Fsp3) is 0.167. The number of aromatic nitrogens is 1. The Morgan fingerprint density at radius 1 is 1.29 bits per heavy atom. The number of carbonyl (C=O) groups is 1. The molecule has 0 unspecified atom stereocenters. The molecule has 0 fully saturated rings. The van der Waals surface area contributed by atoms with E-state index >= 15 is 0 Å². The summed E-state index contributed by atoms with van der Waals surface area (Å²) in [6, 6.07) is 7.59. The number of oxazole rings is 1. The summed E-state index contributed by atoms with van der Waals surface area (Å²) in [5.41, 5.74) is 3.54. The Bertz CT molecular complexity index is 543. The highest BCUT2D eigenvalue weighted by molar-refractivity contribution is 5.92. The first-order valence-corrected chi connectivity index (χ1v) is 5.10. The third-order valence-electron chi connectivity index (χ3n) is 2.41. The Labute approximate surface area is 98.1 Å². The van der Waals surface area contributed by atoms with Crippen LogP contribution in [0.15, 0.2) is 28.7 Å². The highest BCUT2D eigenvalue weighted by Crippen LogP contribution is 2.21. The summed E-state index contributed by atoms with van der Waals surface area (Å²) in [5, 5.41) is 8.55. The normalized spacial score (nSPS) is 10.3. The van der Waals surface area contributed by atoms with E-state index in [0.29, 0.717) is 11.7 Å². The lowest BCUT2D eigenvalue weighted by Gasteiger charge is -1.95. The first-order valence-electron chi connectivity index (χ1n) is 5.10. The summed E-state index contributed by atoms with van der Waals surface area (Å²) in [5.74, 6) is 0.0536. The zero-order valence-electron chi connectivity index (χ0n) is 9.52. The van der Waals surface area contributed by atoms with Gasteiger partial charge in [-0.2, -0.15) is 0 Å². The smallest absolute Gasteiger partial charge is 0.296 e. The lowest BCUT2D eigenvalue weighted by molar-refractivity contribution is 0.0699. The lowest BCUT2D eigenvalue weighted by atomic mass is 10.1. The molecule has 1 aromatic heterocycles. The molecule has 2 N–H and O–H groups in total. The van der Waals surface area contributed by atoms with E-state index in [2.05, 4.69) is 4.98 Å². The van der Waals surface area contributed by atoms with Crippen LogP contribution in [0.2, 0.25) is 0 Å². The third-order valence-corrected chi connectivity index (χ3v) is 2.41. The van der Waals surface area contributed by atoms with Crippen LogP contribution in [0.5, 0.6) is 0 Å². The van der Waals surface area contributed by atoms with Gasteiger partial charge in [-0.15, -0.1) is 0 Å². The van der Waals surface area contributed by atoms with Crippen molar-refractivity contribution in [2.24, 2.45) is 0 Å². The molecule has 1 heterocycles. The van der Waals surface area contributed by atoms with Gasteiger partial charge in [-0.3, -0.25) is 10.0 Å². The first-order chi connectivity index (χ1) is 8.11. The van der Waals surface area contributed by atoms with Crippen molar-refractivity contribution in [3.8, 4) is 11.5 Å². The maximum Gasteiger partial charge on any atom is 0.296 e. The van der Waals surface area contributed by atoms with Crippen LogP contribution < -0.4 is 5.48 Å². The average Bonchev–Trinajstić information content (AvgIpc) is 2.71. The number of aryl methyl sites for hydroxylation is 2. The van der Waals surface area contributed by atoms with Crippen LogP contribution in [0, 0.1) is 13.8 Å². The minimum absolute atomic E-state index is 0.0862. The molecule has 0 aliphatic rings. The Morgan fingerprint density at radius 2 is 1.94 bits per heavy atom. The molecule has 1 aromatic carbocycles. The SMILES string of the molecule is Cc1ccc(-c2nc(C(=O)NO)c(C)o2)cc1. The molecule has 0 atom stereocenters. The lowest BCUT2D eigenvalue weighted by Crippen LogP contribution is -2.19. The summed E-state index contributed by atoms with van der Waals surface area (Å²) in [6.45, 7) is 3.60. The second kappa shape index (κ2) is 4.39. The van der Waals surface area contributed by atoms with Crippen molar-refractivity contribution in [2.45, 2.75) is 13.8 Å². The van der Waals surface area contributed by atoms with Crippen LogP contribution in [0.25, 0.3) is 11.5 Å². The number of rotatable bonds is 2. The van der Waals surface area contributed by atoms with Crippen molar-refractivity contribution < 1.29 is 14.4 Å². The summed E-state index contributed by atoms with van der Waals surface area (Å²) in [7, 11) is 0. The van der Waals surface area contributed by atoms with Gasteiger partial charge >= 0.3 is 0 Å². The van der Waals surface area contributed by atoms with Crippen LogP contribution >= 0.6 is 0 Å². The van der Waals surface area contributed by atoms with Gasteiger partial charge in [-0.05, 0) is 26.0 Å². The molecule has 5 heteroatoms. The Kier molecular flexibility index (Phi) is 2.93. The molecule has 0 bridgehead atoms. The van der Waals surface area contributed by atoms with E-state index in [4.69, 9.17) is 9.62 Å². The molecule has 0 aliphatic heterocycles. The van der Waals surface area contributed by atoms with Gasteiger partial charge in [-0.25, -0.2) is 10.5 Å². The first kappa shape index (κ1) is 11.3. The van der Waals surface area contributed by atoms with Crippen LogP contribution in [0.1, 0.15) is 21.8 Å². The van der Waals surface area contributed by atoms with Crippen molar-refractivity contribution >= 4 is 5.91 Å². The van der Waals surface area contributed by atoms with E-state index < -0.39 is 5.91 Å². The highest BCUT2D eigenvalue weighted by atomic mass is 16.5. The van der Waals surface area contributed by atoms with Crippen LogP contribution in [-0.4, -0.2) is 16.1 Å². The molecule has 1 amide bonds. The van der Waals surface area contributed by atoms with Gasteiger partial charge in [0, 0.05) is 5.56 Å². The number of nitrogens with one attached hydrogen (secondary N) is 1. The van der Waals surface area contributed by atoms with Gasteiger partial charge in [0.15, 0.2) is 5.69 Å². The largest absolute Gasteiger partial charge is 0.441 e. The molecule has 5 nitrogen and oxygen atoms in total. The maximum absolute atomic E-state index is 11.2. The molecule has 0 saturated heterocycles. The molecular formula is C12H12N2O3. The van der Waals surface area contributed by atoms with Crippen LogP contribution in [0.3, 0.4) is 0 Å². The molecule has 0 spiro atoms. The zero-order chi connectivity index (χ0) is 12.4. The molecule has 0 aliphatic carbocycles. The van der Waals surface area contributed by atoms with Crippen molar-refractivity contribution in [3.63, 3.8) is 0 Å². The molecule has 2 aromatic rings. The van der Waals surface area contributed by atoms with E-state index in [-0.39, 0.29) is 5.69 Å². The van der Waals surface area contributed by atoms with Gasteiger partial charge < -0.3 is 4.42 Å². The minimum Gasteiger partial charge on any atom is -0.441 e. The van der Waals surface area contributed by atoms with Crippen LogP contribution in [-0.2, 0) is 0 Å². The minimum atomic E-state index is -0.676. The molecule has 88 valence electrons. The number of amides is 1. The van der Waals surface area contributed by atoms with E-state index in [0.717, 1.165) is 11.1 Å². The molecule has 0 saturated carbocycles. The predicted octanol–water partition coefficient (Wildman–Crippen LogP) is 2.08. The Morgan fingerprint density at radius 3 is 2.53 bits per heavy atom. The number of carbonyl (C=O) groups excluding carboxylic acids is 1. The quantitative estimate of drug-likeness (QED) is 0.614. The number of hydroxylamine groups is 1. The molecule has 17 heavy (non-hydrogen) atoms. The summed E-state index contributed by atoms with van der Waals surface area (Å²) < 4.78 is 5.38. The van der Waals surface area contributed by atoms with Gasteiger partial charge in [0.2, 0.25) is 5.89 Å². The van der Waals surface area contributed by atoms with Crippen molar-refractivity contribution in [1.82, 2.24) is 10.5 Å². The fourth-order valence-electron chi connectivity index (χ4n) is 1.48. The van der Waals surface area contributed by atoms with Crippen molar-refractivity contribution in [2.75, 3.05) is 0 Å². The molecule has 2 rings (SSSR count). The van der Waals surface area contributed by atoms with Gasteiger partial charge in [0.05, 0.1) is 0 Å². The van der Waals surface area contributed by atoms with Gasteiger partial charge in [0.1, 0.15) is 5.76 Å². The maximum atomic E-state index is 11.2. The van der Waals surface area contributed by atoms with Crippen LogP contribution in [0.4, 0.5) is 0 Å². The predicted molar refractivity (Wildman–Crippen MR) is 60.7 cm³/mol. The topological polar surface area (TPSA) is 75.4 Å². The van der Waals surface area contributed by atoms with Crippen molar-refractivity contribution in [3.05, 3.63) is 41.3 Å². The number of nitrogens with zero attached hydrogens (tertiary/aromatic N) is 1. The second-order valence-corrected chi connectivity index (χ2v) is 3.73. The number of hydrogen-bond donors (Lipinski definition) is 2. The number of benzene rings is 1. The van der Waals surface area contributed by atoms with E-state index in [1.807, 2.05) is 31.2 Å². The van der Waals surface area contributed by atoms with E-state index in [1.54, 1.807) is 6.92 Å². The second-order valence-electron chi connectivity index (χ2n) is 3.73. The van der Waals surface area contributed by atoms with E-state index in [1.165, 1.54) is 5.48 Å². The third kappa shape index (κ3) is 2.19. The van der Waals surface area contributed by atoms with Crippen molar-refractivity contribution in [1.29, 1.82) is 0 Å². The van der Waals surface area contributed by atoms with Gasteiger partial charge in [0.25, 0.3) is 5.91 Å². The summed E-state index contributed by atoms with van der Waals surface area (Å²) in [6.07, 6.45) is 0. The summed E-state index contributed by atoms with van der Waals surface area (Å²) in [4.78, 5) is 15.3. The molecular weight excluding hydrogens is 220 g/mol. The zero-order valence-corrected chi connectivity index (χ0v) is 9.52. The Hall–Kier alpha value is -2.14. The highest BCUT2D eigenvalue weighted by Gasteiger charge is 2.17. The fourth-order valence-corrected chi connectivity index (χ4v) is 1.48. The standard InChI is InChI=1S/C12H12N2O3/c1-7-3-5-9(6-4-7)12-13-10(8(2)17-12)11(15)14-16/h3-6,16H,1-2H3,(H,14,15). The Balaban J connectivity index is 2.41. The molecule has 0 radical (unpaired) electrons. The monoisotopic (exact) mass is 232 g/mol. The average molecular weight is 232 g/mol. The number of hydrogen-bond acceptors (Lipinski definition) is 4. The van der Waals surface area contributed by atoms with E-state index in [9.17, 15) is 4.79 Å².